The first-order chi connectivity index (χ1) is 15.4. The number of nitrogens with zero attached hydrogens (tertiary/aromatic N) is 3. The molecule has 0 aliphatic carbocycles. The highest BCUT2D eigenvalue weighted by molar-refractivity contribution is 7.07. The third-order valence-corrected chi connectivity index (χ3v) is 5.06. The number of hydrogen-bond donors (Lipinski definition) is 0. The lowest BCUT2D eigenvalue weighted by atomic mass is 10.2. The molecule has 0 aliphatic rings. The molecular formula is C22H15F4N3O2S. The van der Waals surface area contributed by atoms with Crippen LogP contribution in [0.25, 0.3) is 11.3 Å². The van der Waals surface area contributed by atoms with E-state index in [9.17, 15) is 17.6 Å². The van der Waals surface area contributed by atoms with Crippen molar-refractivity contribution in [3.05, 3.63) is 87.9 Å². The average molecular weight is 461 g/mol. The van der Waals surface area contributed by atoms with Crippen LogP contribution in [0.15, 0.2) is 74.5 Å². The third kappa shape index (κ3) is 4.97. The molecule has 4 rings (SSSR count). The van der Waals surface area contributed by atoms with Gasteiger partial charge in [-0.05, 0) is 55.5 Å². The third-order valence-electron chi connectivity index (χ3n) is 4.25. The van der Waals surface area contributed by atoms with Gasteiger partial charge in [0.1, 0.15) is 28.8 Å². The van der Waals surface area contributed by atoms with E-state index >= 15 is 0 Å². The van der Waals surface area contributed by atoms with E-state index in [1.165, 1.54) is 40.4 Å². The predicted octanol–water partition coefficient (Wildman–Crippen LogP) is 6.11. The molecule has 0 N–H and O–H groups in total. The molecule has 0 unspecified atom stereocenters. The second-order valence-electron chi connectivity index (χ2n) is 6.52. The molecule has 164 valence electrons. The number of furan rings is 1. The number of rotatable bonds is 6. The van der Waals surface area contributed by atoms with Gasteiger partial charge in [0.05, 0.1) is 11.9 Å². The number of benzene rings is 2. The summed E-state index contributed by atoms with van der Waals surface area (Å²) in [5.74, 6) is -0.316. The lowest BCUT2D eigenvalue weighted by Crippen LogP contribution is -2.11. The molecule has 0 atom stereocenters. The van der Waals surface area contributed by atoms with Crippen molar-refractivity contribution in [2.24, 2.45) is 10.1 Å². The molecule has 0 spiro atoms. The molecule has 0 saturated carbocycles. The van der Waals surface area contributed by atoms with Crippen molar-refractivity contribution in [2.45, 2.75) is 13.5 Å². The Morgan fingerprint density at radius 2 is 1.84 bits per heavy atom. The van der Waals surface area contributed by atoms with Gasteiger partial charge in [0.25, 0.3) is 0 Å². The molecule has 0 aliphatic heterocycles. The minimum Gasteiger partial charge on any atom is -0.460 e. The molecule has 2 heterocycles. The first-order valence-corrected chi connectivity index (χ1v) is 10.1. The number of aryl methyl sites for hydroxylation is 1. The molecule has 2 aromatic carbocycles. The predicted molar refractivity (Wildman–Crippen MR) is 112 cm³/mol. The van der Waals surface area contributed by atoms with Gasteiger partial charge in [0, 0.05) is 17.0 Å². The number of alkyl halides is 2. The number of ether oxygens (including phenoxy) is 1. The second-order valence-corrected chi connectivity index (χ2v) is 7.36. The van der Waals surface area contributed by atoms with E-state index in [4.69, 9.17) is 4.42 Å². The van der Waals surface area contributed by atoms with Crippen LogP contribution in [0.1, 0.15) is 11.5 Å². The Bertz CT molecular complexity index is 1320. The molecule has 0 radical (unpaired) electrons. The van der Waals surface area contributed by atoms with E-state index in [0.29, 0.717) is 27.6 Å². The molecular weight excluding hydrogens is 446 g/mol. The summed E-state index contributed by atoms with van der Waals surface area (Å²) in [7, 11) is 0. The topological polar surface area (TPSA) is 52.0 Å². The van der Waals surface area contributed by atoms with Crippen molar-refractivity contribution >= 4 is 23.2 Å². The first-order valence-electron chi connectivity index (χ1n) is 9.25. The van der Waals surface area contributed by atoms with Crippen LogP contribution in [0.2, 0.25) is 0 Å². The number of hydrogen-bond acceptors (Lipinski definition) is 5. The largest absolute Gasteiger partial charge is 0.460 e. The van der Waals surface area contributed by atoms with Crippen LogP contribution in [0.3, 0.4) is 0 Å². The zero-order chi connectivity index (χ0) is 22.7. The van der Waals surface area contributed by atoms with E-state index in [2.05, 4.69) is 14.8 Å². The van der Waals surface area contributed by atoms with Crippen LogP contribution < -0.4 is 9.54 Å². The summed E-state index contributed by atoms with van der Waals surface area (Å²) in [6, 6.07) is 12.6. The number of aromatic nitrogens is 1. The van der Waals surface area contributed by atoms with Crippen LogP contribution in [0.5, 0.6) is 5.75 Å². The Hall–Kier alpha value is -3.66. The van der Waals surface area contributed by atoms with Gasteiger partial charge in [-0.2, -0.15) is 13.9 Å². The van der Waals surface area contributed by atoms with E-state index in [0.717, 1.165) is 12.1 Å². The second kappa shape index (κ2) is 9.23. The van der Waals surface area contributed by atoms with E-state index in [1.54, 1.807) is 36.6 Å². The van der Waals surface area contributed by atoms with Crippen LogP contribution in [-0.2, 0) is 0 Å². The average Bonchev–Trinajstić information content (AvgIpc) is 3.34. The molecule has 4 aromatic rings. The van der Waals surface area contributed by atoms with Crippen molar-refractivity contribution in [3.8, 4) is 17.0 Å². The van der Waals surface area contributed by atoms with Gasteiger partial charge >= 0.3 is 6.61 Å². The fraction of sp³-hybridized carbons (Fsp3) is 0.0909. The molecule has 0 saturated heterocycles. The van der Waals surface area contributed by atoms with Crippen molar-refractivity contribution < 1.29 is 26.7 Å². The quantitative estimate of drug-likeness (QED) is 0.257. The van der Waals surface area contributed by atoms with Crippen molar-refractivity contribution in [1.82, 2.24) is 4.68 Å². The van der Waals surface area contributed by atoms with Gasteiger partial charge in [-0.25, -0.2) is 18.4 Å². The standard InChI is InChI=1S/C22H15F4N3O2S/c1-13-2-6-17(30-13)11-27-29-20(14-3-7-16(8-4-14)31-21(25)26)12-32-22(29)28-19-9-5-15(23)10-18(19)24/h2-12,21H,1H3/b27-11-,28-22?. The van der Waals surface area contributed by atoms with E-state index < -0.39 is 18.2 Å². The zero-order valence-corrected chi connectivity index (χ0v) is 17.3. The van der Waals surface area contributed by atoms with Gasteiger partial charge in [0.15, 0.2) is 5.82 Å². The fourth-order valence-corrected chi connectivity index (χ4v) is 3.66. The Labute approximate surface area is 183 Å². The Balaban J connectivity index is 1.79. The molecule has 32 heavy (non-hydrogen) atoms. The van der Waals surface area contributed by atoms with E-state index in [1.807, 2.05) is 0 Å². The normalized spacial score (nSPS) is 12.2. The summed E-state index contributed by atoms with van der Waals surface area (Å²) < 4.78 is 63.5. The fourth-order valence-electron chi connectivity index (χ4n) is 2.81. The van der Waals surface area contributed by atoms with Crippen LogP contribution >= 0.6 is 11.3 Å². The summed E-state index contributed by atoms with van der Waals surface area (Å²) in [6.07, 6.45) is 1.47. The summed E-state index contributed by atoms with van der Waals surface area (Å²) in [5, 5.41) is 6.14. The van der Waals surface area contributed by atoms with Crippen molar-refractivity contribution in [2.75, 3.05) is 0 Å². The van der Waals surface area contributed by atoms with Crippen LogP contribution in [-0.4, -0.2) is 17.5 Å². The molecule has 0 fully saturated rings. The summed E-state index contributed by atoms with van der Waals surface area (Å²) in [4.78, 5) is 4.58. The van der Waals surface area contributed by atoms with Crippen LogP contribution in [0, 0.1) is 18.6 Å². The van der Waals surface area contributed by atoms with Crippen molar-refractivity contribution in [3.63, 3.8) is 0 Å². The highest BCUT2D eigenvalue weighted by Gasteiger charge is 2.11. The number of halogens is 4. The maximum atomic E-state index is 14.1. The summed E-state index contributed by atoms with van der Waals surface area (Å²) in [6.45, 7) is -1.13. The maximum Gasteiger partial charge on any atom is 0.387 e. The zero-order valence-electron chi connectivity index (χ0n) is 16.5. The molecule has 0 amide bonds. The van der Waals surface area contributed by atoms with Crippen molar-refractivity contribution in [1.29, 1.82) is 0 Å². The van der Waals surface area contributed by atoms with E-state index in [-0.39, 0.29) is 11.4 Å². The Morgan fingerprint density at radius 1 is 1.06 bits per heavy atom. The minimum atomic E-state index is -2.93. The first kappa shape index (κ1) is 21.6. The summed E-state index contributed by atoms with van der Waals surface area (Å²) >= 11 is 1.17. The SMILES string of the molecule is Cc1ccc(/C=N\n2c(-c3ccc(OC(F)F)cc3)csc2=Nc2ccc(F)cc2F)o1. The van der Waals surface area contributed by atoms with Gasteiger partial charge in [0.2, 0.25) is 4.80 Å². The molecule has 0 bridgehead atoms. The lowest BCUT2D eigenvalue weighted by Gasteiger charge is -2.06. The van der Waals surface area contributed by atoms with Gasteiger partial charge < -0.3 is 9.15 Å². The highest BCUT2D eigenvalue weighted by atomic mass is 32.1. The Kier molecular flexibility index (Phi) is 6.22. The summed E-state index contributed by atoms with van der Waals surface area (Å²) in [5.41, 5.74) is 1.15. The maximum absolute atomic E-state index is 14.1. The number of thiazole rings is 1. The lowest BCUT2D eigenvalue weighted by molar-refractivity contribution is -0.0498. The van der Waals surface area contributed by atoms with Gasteiger partial charge in [-0.1, -0.05) is 0 Å². The smallest absolute Gasteiger partial charge is 0.387 e. The Morgan fingerprint density at radius 3 is 2.50 bits per heavy atom. The molecule has 5 nitrogen and oxygen atoms in total. The molecule has 10 heteroatoms. The minimum absolute atomic E-state index is 0.0124. The molecule has 2 aromatic heterocycles. The monoisotopic (exact) mass is 461 g/mol. The van der Waals surface area contributed by atoms with Gasteiger partial charge in [-0.15, -0.1) is 11.3 Å². The highest BCUT2D eigenvalue weighted by Crippen LogP contribution is 2.25. The van der Waals surface area contributed by atoms with Gasteiger partial charge in [-0.3, -0.25) is 0 Å². The van der Waals surface area contributed by atoms with Crippen LogP contribution in [0.4, 0.5) is 23.2 Å².